The number of benzene rings is 1. The molecule has 1 rings (SSSR count). The summed E-state index contributed by atoms with van der Waals surface area (Å²) in [6.45, 7) is 1.98. The lowest BCUT2D eigenvalue weighted by molar-refractivity contribution is 0.508. The van der Waals surface area contributed by atoms with E-state index in [1.165, 1.54) is 6.07 Å². The normalized spacial score (nSPS) is 10.9. The summed E-state index contributed by atoms with van der Waals surface area (Å²) in [4.78, 5) is 0. The van der Waals surface area contributed by atoms with Crippen LogP contribution in [0.2, 0.25) is 0 Å². The van der Waals surface area contributed by atoms with Crippen LogP contribution in [0.1, 0.15) is 18.9 Å². The number of halogens is 2. The van der Waals surface area contributed by atoms with Crippen LogP contribution in [-0.2, 0) is 0 Å². The highest BCUT2D eigenvalue weighted by atomic mass is 19.2. The molecule has 1 aromatic rings. The average Bonchev–Trinajstić information content (AvgIpc) is 2.07. The predicted octanol–water partition coefficient (Wildman–Crippen LogP) is 3.39. The van der Waals surface area contributed by atoms with E-state index < -0.39 is 11.6 Å². The van der Waals surface area contributed by atoms with E-state index in [2.05, 4.69) is 0 Å². The molecule has 0 aliphatic rings. The van der Waals surface area contributed by atoms with Crippen molar-refractivity contribution >= 4 is 6.08 Å². The topological polar surface area (TPSA) is 0 Å². The Kier molecular flexibility index (Phi) is 2.97. The molecule has 0 aliphatic carbocycles. The van der Waals surface area contributed by atoms with Crippen LogP contribution in [0.15, 0.2) is 24.3 Å². The third kappa shape index (κ3) is 2.16. The largest absolute Gasteiger partial charge is 0.204 e. The standard InChI is InChI=1S/C10H10F2/c1-2-3-4-8-5-6-9(11)10(12)7-8/h3-7H,2H2,1H3/b4-3-. The molecule has 0 fully saturated rings. The Morgan fingerprint density at radius 3 is 2.58 bits per heavy atom. The third-order valence-corrected chi connectivity index (χ3v) is 1.49. The molecule has 0 unspecified atom stereocenters. The molecule has 2 heteroatoms. The van der Waals surface area contributed by atoms with Crippen LogP contribution in [0.25, 0.3) is 6.08 Å². The summed E-state index contributed by atoms with van der Waals surface area (Å²) in [6, 6.07) is 3.86. The second-order valence-corrected chi connectivity index (χ2v) is 2.48. The molecule has 0 nitrogen and oxygen atoms in total. The lowest BCUT2D eigenvalue weighted by Crippen LogP contribution is -1.83. The van der Waals surface area contributed by atoms with Crippen molar-refractivity contribution in [2.24, 2.45) is 0 Å². The minimum absolute atomic E-state index is 0.691. The maximum absolute atomic E-state index is 12.6. The molecule has 0 heterocycles. The summed E-state index contributed by atoms with van der Waals surface area (Å²) in [6.07, 6.45) is 4.55. The fourth-order valence-corrected chi connectivity index (χ4v) is 0.870. The summed E-state index contributed by atoms with van der Waals surface area (Å²) in [7, 11) is 0. The second kappa shape index (κ2) is 4.00. The highest BCUT2D eigenvalue weighted by Gasteiger charge is 1.99. The molecule has 0 aromatic heterocycles. The van der Waals surface area contributed by atoms with Gasteiger partial charge in [0, 0.05) is 0 Å². The van der Waals surface area contributed by atoms with Crippen LogP contribution >= 0.6 is 0 Å². The van der Waals surface area contributed by atoms with E-state index in [9.17, 15) is 8.78 Å². The molecule has 0 bridgehead atoms. The van der Waals surface area contributed by atoms with Gasteiger partial charge in [-0.05, 0) is 24.1 Å². The van der Waals surface area contributed by atoms with E-state index in [-0.39, 0.29) is 0 Å². The van der Waals surface area contributed by atoms with E-state index in [0.29, 0.717) is 5.56 Å². The molecule has 12 heavy (non-hydrogen) atoms. The van der Waals surface area contributed by atoms with Gasteiger partial charge in [0.25, 0.3) is 0 Å². The van der Waals surface area contributed by atoms with Gasteiger partial charge in [0.05, 0.1) is 0 Å². The van der Waals surface area contributed by atoms with Gasteiger partial charge in [-0.3, -0.25) is 0 Å². The van der Waals surface area contributed by atoms with Gasteiger partial charge in [0.15, 0.2) is 11.6 Å². The Bertz CT molecular complexity index is 290. The SMILES string of the molecule is CC/C=C\c1ccc(F)c(F)c1. The number of hydrogen-bond acceptors (Lipinski definition) is 0. The minimum atomic E-state index is -0.802. The minimum Gasteiger partial charge on any atom is -0.204 e. The third-order valence-electron chi connectivity index (χ3n) is 1.49. The first-order chi connectivity index (χ1) is 5.74. The molecule has 0 amide bonds. The fraction of sp³-hybridized carbons (Fsp3) is 0.200. The lowest BCUT2D eigenvalue weighted by Gasteiger charge is -1.94. The van der Waals surface area contributed by atoms with Crippen LogP contribution in [-0.4, -0.2) is 0 Å². The van der Waals surface area contributed by atoms with Crippen molar-refractivity contribution in [3.63, 3.8) is 0 Å². The van der Waals surface area contributed by atoms with Gasteiger partial charge in [-0.25, -0.2) is 8.78 Å². The van der Waals surface area contributed by atoms with E-state index in [0.717, 1.165) is 12.5 Å². The first-order valence-corrected chi connectivity index (χ1v) is 3.85. The van der Waals surface area contributed by atoms with Gasteiger partial charge in [-0.1, -0.05) is 25.1 Å². The van der Waals surface area contributed by atoms with E-state index in [1.54, 1.807) is 12.1 Å². The molecule has 0 aliphatic heterocycles. The quantitative estimate of drug-likeness (QED) is 0.635. The Balaban J connectivity index is 2.89. The Morgan fingerprint density at radius 2 is 2.00 bits per heavy atom. The van der Waals surface area contributed by atoms with Crippen molar-refractivity contribution in [2.75, 3.05) is 0 Å². The van der Waals surface area contributed by atoms with Gasteiger partial charge < -0.3 is 0 Å². The molecule has 0 saturated heterocycles. The van der Waals surface area contributed by atoms with Crippen molar-refractivity contribution in [2.45, 2.75) is 13.3 Å². The van der Waals surface area contributed by atoms with E-state index in [1.807, 2.05) is 13.0 Å². The highest BCUT2D eigenvalue weighted by molar-refractivity contribution is 5.48. The van der Waals surface area contributed by atoms with Crippen molar-refractivity contribution in [1.82, 2.24) is 0 Å². The molecular weight excluding hydrogens is 158 g/mol. The maximum atomic E-state index is 12.6. The second-order valence-electron chi connectivity index (χ2n) is 2.48. The van der Waals surface area contributed by atoms with Crippen LogP contribution in [0.4, 0.5) is 8.78 Å². The molecular formula is C10H10F2. The summed E-state index contributed by atoms with van der Waals surface area (Å²) >= 11 is 0. The predicted molar refractivity (Wildman–Crippen MR) is 45.7 cm³/mol. The molecule has 0 radical (unpaired) electrons. The summed E-state index contributed by atoms with van der Waals surface area (Å²) in [5, 5.41) is 0. The molecule has 0 saturated carbocycles. The molecule has 64 valence electrons. The van der Waals surface area contributed by atoms with Gasteiger partial charge >= 0.3 is 0 Å². The molecule has 0 spiro atoms. The van der Waals surface area contributed by atoms with E-state index in [4.69, 9.17) is 0 Å². The van der Waals surface area contributed by atoms with E-state index >= 15 is 0 Å². The Hall–Kier alpha value is -1.18. The van der Waals surface area contributed by atoms with Crippen molar-refractivity contribution in [1.29, 1.82) is 0 Å². The smallest absolute Gasteiger partial charge is 0.159 e. The Morgan fingerprint density at radius 1 is 1.25 bits per heavy atom. The van der Waals surface area contributed by atoms with Crippen LogP contribution in [0.5, 0.6) is 0 Å². The molecule has 0 N–H and O–H groups in total. The summed E-state index contributed by atoms with van der Waals surface area (Å²) in [5.41, 5.74) is 0.691. The van der Waals surface area contributed by atoms with Crippen molar-refractivity contribution < 1.29 is 8.78 Å². The Labute approximate surface area is 70.5 Å². The summed E-state index contributed by atoms with van der Waals surface area (Å²) < 4.78 is 25.0. The number of allylic oxidation sites excluding steroid dienone is 1. The maximum Gasteiger partial charge on any atom is 0.159 e. The average molecular weight is 168 g/mol. The van der Waals surface area contributed by atoms with Crippen LogP contribution in [0, 0.1) is 11.6 Å². The molecule has 1 aromatic carbocycles. The number of rotatable bonds is 2. The summed E-state index contributed by atoms with van der Waals surface area (Å²) in [5.74, 6) is -1.60. The highest BCUT2D eigenvalue weighted by Crippen LogP contribution is 2.09. The van der Waals surface area contributed by atoms with Gasteiger partial charge in [-0.2, -0.15) is 0 Å². The fourth-order valence-electron chi connectivity index (χ4n) is 0.870. The van der Waals surface area contributed by atoms with Gasteiger partial charge in [-0.15, -0.1) is 0 Å². The zero-order valence-corrected chi connectivity index (χ0v) is 6.85. The number of hydrogen-bond donors (Lipinski definition) is 0. The monoisotopic (exact) mass is 168 g/mol. The zero-order chi connectivity index (χ0) is 8.97. The first-order valence-electron chi connectivity index (χ1n) is 3.85. The van der Waals surface area contributed by atoms with Crippen LogP contribution in [0.3, 0.4) is 0 Å². The van der Waals surface area contributed by atoms with Crippen molar-refractivity contribution in [3.8, 4) is 0 Å². The van der Waals surface area contributed by atoms with Crippen molar-refractivity contribution in [3.05, 3.63) is 41.5 Å². The van der Waals surface area contributed by atoms with Gasteiger partial charge in [0.2, 0.25) is 0 Å². The zero-order valence-electron chi connectivity index (χ0n) is 6.85. The first kappa shape index (κ1) is 8.91. The van der Waals surface area contributed by atoms with Gasteiger partial charge in [0.1, 0.15) is 0 Å². The lowest BCUT2D eigenvalue weighted by atomic mass is 10.2. The van der Waals surface area contributed by atoms with Crippen LogP contribution < -0.4 is 0 Å². The molecule has 0 atom stereocenters.